The van der Waals surface area contributed by atoms with Crippen LogP contribution in [0.1, 0.15) is 25.3 Å². The van der Waals surface area contributed by atoms with E-state index < -0.39 is 0 Å². The molecule has 1 fully saturated rings. The fraction of sp³-hybridized carbons (Fsp3) is 0.500. The van der Waals surface area contributed by atoms with E-state index in [9.17, 15) is 0 Å². The van der Waals surface area contributed by atoms with Crippen molar-refractivity contribution in [2.75, 3.05) is 6.54 Å². The standard InChI is InChI=1S/C12H16BrN/c1-2-12(7-10(12)8-14)9-4-3-5-11(13)6-9/h3-6,10H,2,7-8,14H2,1H3/t10-,12?/m0/s1. The van der Waals surface area contributed by atoms with Crippen molar-refractivity contribution in [2.45, 2.75) is 25.2 Å². The van der Waals surface area contributed by atoms with Crippen molar-refractivity contribution in [1.82, 2.24) is 0 Å². The number of halogens is 1. The first kappa shape index (κ1) is 10.2. The first-order valence-corrected chi connectivity index (χ1v) is 5.98. The average molecular weight is 254 g/mol. The van der Waals surface area contributed by atoms with Crippen molar-refractivity contribution in [3.8, 4) is 0 Å². The zero-order chi connectivity index (χ0) is 10.2. The van der Waals surface area contributed by atoms with Crippen molar-refractivity contribution < 1.29 is 0 Å². The van der Waals surface area contributed by atoms with Crippen LogP contribution in [0, 0.1) is 5.92 Å². The molecule has 0 amide bonds. The van der Waals surface area contributed by atoms with E-state index in [0.29, 0.717) is 11.3 Å². The molecule has 1 aliphatic rings. The highest BCUT2D eigenvalue weighted by Crippen LogP contribution is 2.56. The largest absolute Gasteiger partial charge is 0.330 e. The molecule has 1 nitrogen and oxygen atoms in total. The molecule has 14 heavy (non-hydrogen) atoms. The molecule has 1 aliphatic carbocycles. The van der Waals surface area contributed by atoms with Gasteiger partial charge in [0.05, 0.1) is 0 Å². The Morgan fingerprint density at radius 1 is 1.57 bits per heavy atom. The number of hydrogen-bond acceptors (Lipinski definition) is 1. The van der Waals surface area contributed by atoms with Crippen LogP contribution >= 0.6 is 15.9 Å². The van der Waals surface area contributed by atoms with Crippen molar-refractivity contribution in [3.63, 3.8) is 0 Å². The Bertz CT molecular complexity index is 337. The summed E-state index contributed by atoms with van der Waals surface area (Å²) in [6.07, 6.45) is 2.46. The average Bonchev–Trinajstić information content (AvgIpc) is 2.93. The van der Waals surface area contributed by atoms with Crippen molar-refractivity contribution >= 4 is 15.9 Å². The van der Waals surface area contributed by atoms with E-state index in [-0.39, 0.29) is 0 Å². The van der Waals surface area contributed by atoms with E-state index >= 15 is 0 Å². The first-order chi connectivity index (χ1) is 6.73. The minimum Gasteiger partial charge on any atom is -0.330 e. The number of hydrogen-bond donors (Lipinski definition) is 1. The minimum atomic E-state index is 0.387. The molecular formula is C12H16BrN. The SMILES string of the molecule is CCC1(c2cccc(Br)c2)C[C@H]1CN. The van der Waals surface area contributed by atoms with Crippen molar-refractivity contribution in [2.24, 2.45) is 11.7 Å². The smallest absolute Gasteiger partial charge is 0.0178 e. The molecule has 0 heterocycles. The van der Waals surface area contributed by atoms with Crippen LogP contribution in [0.25, 0.3) is 0 Å². The van der Waals surface area contributed by atoms with Gasteiger partial charge >= 0.3 is 0 Å². The van der Waals surface area contributed by atoms with Crippen LogP contribution in [0.2, 0.25) is 0 Å². The zero-order valence-electron chi connectivity index (χ0n) is 8.46. The highest BCUT2D eigenvalue weighted by molar-refractivity contribution is 9.10. The Morgan fingerprint density at radius 2 is 2.36 bits per heavy atom. The zero-order valence-corrected chi connectivity index (χ0v) is 10.0. The molecule has 1 aromatic rings. The summed E-state index contributed by atoms with van der Waals surface area (Å²) < 4.78 is 1.17. The molecule has 0 bridgehead atoms. The van der Waals surface area contributed by atoms with Gasteiger partial charge in [-0.05, 0) is 48.4 Å². The molecule has 2 rings (SSSR count). The third-order valence-corrected chi connectivity index (χ3v) is 4.04. The molecule has 0 radical (unpaired) electrons. The second-order valence-electron chi connectivity index (χ2n) is 4.16. The monoisotopic (exact) mass is 253 g/mol. The van der Waals surface area contributed by atoms with E-state index in [1.165, 1.54) is 22.9 Å². The molecular weight excluding hydrogens is 238 g/mol. The third-order valence-electron chi connectivity index (χ3n) is 3.55. The van der Waals surface area contributed by atoms with Crippen LogP contribution in [-0.4, -0.2) is 6.54 Å². The second-order valence-corrected chi connectivity index (χ2v) is 5.07. The van der Waals surface area contributed by atoms with Crippen LogP contribution in [0.15, 0.2) is 28.7 Å². The Balaban J connectivity index is 2.30. The summed E-state index contributed by atoms with van der Waals surface area (Å²) in [4.78, 5) is 0. The molecule has 1 saturated carbocycles. The second kappa shape index (κ2) is 3.67. The maximum atomic E-state index is 5.75. The molecule has 0 saturated heterocycles. The van der Waals surface area contributed by atoms with E-state index in [1.54, 1.807) is 0 Å². The predicted octanol–water partition coefficient (Wildman–Crippen LogP) is 3.08. The van der Waals surface area contributed by atoms with Gasteiger partial charge < -0.3 is 5.73 Å². The van der Waals surface area contributed by atoms with Gasteiger partial charge in [-0.25, -0.2) is 0 Å². The van der Waals surface area contributed by atoms with Gasteiger partial charge in [0.2, 0.25) is 0 Å². The summed E-state index contributed by atoms with van der Waals surface area (Å²) in [5.74, 6) is 0.696. The lowest BCUT2D eigenvalue weighted by Crippen LogP contribution is -2.14. The summed E-state index contributed by atoms with van der Waals surface area (Å²) in [6, 6.07) is 8.65. The summed E-state index contributed by atoms with van der Waals surface area (Å²) in [5.41, 5.74) is 7.58. The number of rotatable bonds is 3. The molecule has 0 aromatic heterocycles. The van der Waals surface area contributed by atoms with Gasteiger partial charge in [-0.2, -0.15) is 0 Å². The lowest BCUT2D eigenvalue weighted by molar-refractivity contribution is 0.587. The Hall–Kier alpha value is -0.340. The van der Waals surface area contributed by atoms with Crippen LogP contribution < -0.4 is 5.73 Å². The minimum absolute atomic E-state index is 0.387. The normalized spacial score (nSPS) is 30.4. The van der Waals surface area contributed by atoms with Crippen LogP contribution in [0.5, 0.6) is 0 Å². The highest BCUT2D eigenvalue weighted by Gasteiger charge is 2.52. The van der Waals surface area contributed by atoms with Crippen molar-refractivity contribution in [1.29, 1.82) is 0 Å². The topological polar surface area (TPSA) is 26.0 Å². The lowest BCUT2D eigenvalue weighted by atomic mass is 9.90. The quantitative estimate of drug-likeness (QED) is 0.881. The van der Waals surface area contributed by atoms with Gasteiger partial charge in [-0.3, -0.25) is 0 Å². The van der Waals surface area contributed by atoms with Gasteiger partial charge in [0.1, 0.15) is 0 Å². The van der Waals surface area contributed by atoms with Gasteiger partial charge in [0.15, 0.2) is 0 Å². The van der Waals surface area contributed by atoms with Gasteiger partial charge in [-0.15, -0.1) is 0 Å². The van der Waals surface area contributed by atoms with Crippen molar-refractivity contribution in [3.05, 3.63) is 34.3 Å². The van der Waals surface area contributed by atoms with E-state index in [4.69, 9.17) is 5.73 Å². The van der Waals surface area contributed by atoms with Gasteiger partial charge in [-0.1, -0.05) is 35.0 Å². The van der Waals surface area contributed by atoms with Crippen LogP contribution in [-0.2, 0) is 5.41 Å². The summed E-state index contributed by atoms with van der Waals surface area (Å²) in [6.45, 7) is 3.08. The molecule has 2 N–H and O–H groups in total. The Labute approximate surface area is 93.8 Å². The molecule has 1 unspecified atom stereocenters. The maximum Gasteiger partial charge on any atom is 0.0178 e. The van der Waals surface area contributed by atoms with E-state index in [0.717, 1.165) is 6.54 Å². The molecule has 76 valence electrons. The number of nitrogens with two attached hydrogens (primary N) is 1. The molecule has 2 heteroatoms. The molecule has 2 atom stereocenters. The van der Waals surface area contributed by atoms with Gasteiger partial charge in [0.25, 0.3) is 0 Å². The Morgan fingerprint density at radius 3 is 2.86 bits per heavy atom. The first-order valence-electron chi connectivity index (χ1n) is 5.19. The summed E-state index contributed by atoms with van der Waals surface area (Å²) >= 11 is 3.52. The maximum absolute atomic E-state index is 5.75. The fourth-order valence-electron chi connectivity index (χ4n) is 2.48. The summed E-state index contributed by atoms with van der Waals surface area (Å²) in [7, 11) is 0. The molecule has 0 aliphatic heterocycles. The van der Waals surface area contributed by atoms with Crippen LogP contribution in [0.4, 0.5) is 0 Å². The predicted molar refractivity (Wildman–Crippen MR) is 63.3 cm³/mol. The summed E-state index contributed by atoms with van der Waals surface area (Å²) in [5, 5.41) is 0. The third kappa shape index (κ3) is 1.51. The number of benzene rings is 1. The lowest BCUT2D eigenvalue weighted by Gasteiger charge is -2.15. The van der Waals surface area contributed by atoms with E-state index in [1.807, 2.05) is 0 Å². The van der Waals surface area contributed by atoms with Gasteiger partial charge in [0, 0.05) is 4.47 Å². The Kier molecular flexibility index (Phi) is 2.67. The molecule has 1 aromatic carbocycles. The van der Waals surface area contributed by atoms with E-state index in [2.05, 4.69) is 47.1 Å². The van der Waals surface area contributed by atoms with Crippen LogP contribution in [0.3, 0.4) is 0 Å². The molecule has 0 spiro atoms. The highest BCUT2D eigenvalue weighted by atomic mass is 79.9. The fourth-order valence-corrected chi connectivity index (χ4v) is 2.88.